The van der Waals surface area contributed by atoms with E-state index in [0.29, 0.717) is 13.1 Å². The summed E-state index contributed by atoms with van der Waals surface area (Å²) in [4.78, 5) is 38.5. The number of hydrogen-bond acceptors (Lipinski definition) is 4. The van der Waals surface area contributed by atoms with E-state index < -0.39 is 23.3 Å². The number of rotatable bonds is 4. The summed E-state index contributed by atoms with van der Waals surface area (Å²) in [6, 6.07) is -0.150. The number of carbonyl (C=O) groups is 3. The molecule has 7 heteroatoms. The van der Waals surface area contributed by atoms with E-state index in [9.17, 15) is 14.4 Å². The Kier molecular flexibility index (Phi) is 5.71. The highest BCUT2D eigenvalue weighted by Crippen LogP contribution is 2.20. The third-order valence-electron chi connectivity index (χ3n) is 3.84. The summed E-state index contributed by atoms with van der Waals surface area (Å²) in [6.45, 7) is 4.12. The minimum Gasteiger partial charge on any atom is -0.481 e. The van der Waals surface area contributed by atoms with Gasteiger partial charge >= 0.3 is 12.0 Å². The molecule has 0 aromatic heterocycles. The Hall–Kier alpha value is -1.63. The van der Waals surface area contributed by atoms with Crippen LogP contribution in [0.4, 0.5) is 4.79 Å². The Morgan fingerprint density at radius 3 is 2.48 bits per heavy atom. The number of hydrogen-bond donors (Lipinski definition) is 2. The first-order valence-electron chi connectivity index (χ1n) is 7.12. The molecule has 21 heavy (non-hydrogen) atoms. The number of likely N-dealkylation sites (N-methyl/N-ethyl adjacent to an activating group) is 1. The molecule has 1 fully saturated rings. The van der Waals surface area contributed by atoms with Gasteiger partial charge in [0.25, 0.3) is 0 Å². The second kappa shape index (κ2) is 6.89. The van der Waals surface area contributed by atoms with Crippen molar-refractivity contribution in [3.8, 4) is 0 Å². The molecule has 0 saturated carbocycles. The first-order chi connectivity index (χ1) is 9.63. The minimum absolute atomic E-state index is 0.223. The predicted octanol–water partition coefficient (Wildman–Crippen LogP) is 0.750. The summed E-state index contributed by atoms with van der Waals surface area (Å²) < 4.78 is 0. The van der Waals surface area contributed by atoms with Crippen molar-refractivity contribution >= 4 is 17.9 Å². The molecule has 7 nitrogen and oxygen atoms in total. The quantitative estimate of drug-likeness (QED) is 0.799. The van der Waals surface area contributed by atoms with Crippen LogP contribution < -0.4 is 5.32 Å². The number of carboxylic acid groups (broad SMARTS) is 1. The van der Waals surface area contributed by atoms with Gasteiger partial charge in [-0.15, -0.1) is 0 Å². The molecule has 0 bridgehead atoms. The molecule has 0 aromatic rings. The van der Waals surface area contributed by atoms with Gasteiger partial charge in [0.2, 0.25) is 5.91 Å². The lowest BCUT2D eigenvalue weighted by atomic mass is 9.89. The van der Waals surface area contributed by atoms with Crippen molar-refractivity contribution in [3.63, 3.8) is 0 Å². The topological polar surface area (TPSA) is 90.0 Å². The largest absolute Gasteiger partial charge is 0.481 e. The van der Waals surface area contributed by atoms with Gasteiger partial charge in [0.05, 0.1) is 5.41 Å². The lowest BCUT2D eigenvalue weighted by molar-refractivity contribution is -0.149. The monoisotopic (exact) mass is 299 g/mol. The molecular formula is C14H25N3O4. The SMILES string of the molecule is CN(C)C1CCCN(C(=O)NC(=O)CC(C)(C)C(=O)O)C1. The summed E-state index contributed by atoms with van der Waals surface area (Å²) >= 11 is 0. The molecule has 1 saturated heterocycles. The second-order valence-corrected chi connectivity index (χ2v) is 6.42. The van der Waals surface area contributed by atoms with E-state index in [1.807, 2.05) is 14.1 Å². The Morgan fingerprint density at radius 1 is 1.33 bits per heavy atom. The number of amides is 3. The number of imide groups is 1. The van der Waals surface area contributed by atoms with Crippen LogP contribution in [0.5, 0.6) is 0 Å². The van der Waals surface area contributed by atoms with Crippen molar-refractivity contribution in [1.29, 1.82) is 0 Å². The molecule has 1 aliphatic rings. The third kappa shape index (κ3) is 5.00. The third-order valence-corrected chi connectivity index (χ3v) is 3.84. The molecule has 1 heterocycles. The molecule has 1 unspecified atom stereocenters. The summed E-state index contributed by atoms with van der Waals surface area (Å²) in [5.41, 5.74) is -1.18. The van der Waals surface area contributed by atoms with Gasteiger partial charge in [-0.3, -0.25) is 14.9 Å². The minimum atomic E-state index is -1.18. The number of carbonyl (C=O) groups excluding carboxylic acids is 2. The first kappa shape index (κ1) is 17.4. The number of likely N-dealkylation sites (tertiary alicyclic amines) is 1. The van der Waals surface area contributed by atoms with Gasteiger partial charge in [0.1, 0.15) is 0 Å². The van der Waals surface area contributed by atoms with Gasteiger partial charge in [-0.05, 0) is 40.8 Å². The van der Waals surface area contributed by atoms with Crippen LogP contribution in [0, 0.1) is 5.41 Å². The van der Waals surface area contributed by atoms with Crippen LogP contribution in [0.1, 0.15) is 33.1 Å². The average Bonchev–Trinajstić information content (AvgIpc) is 2.37. The maximum Gasteiger partial charge on any atom is 0.324 e. The van der Waals surface area contributed by atoms with Crippen LogP contribution in [0.25, 0.3) is 0 Å². The van der Waals surface area contributed by atoms with Crippen molar-refractivity contribution in [2.75, 3.05) is 27.2 Å². The number of urea groups is 1. The van der Waals surface area contributed by atoms with Crippen LogP contribution in [0.2, 0.25) is 0 Å². The lowest BCUT2D eigenvalue weighted by Crippen LogP contribution is -2.52. The molecule has 0 spiro atoms. The zero-order valence-corrected chi connectivity index (χ0v) is 13.2. The van der Waals surface area contributed by atoms with Crippen molar-refractivity contribution in [2.24, 2.45) is 5.41 Å². The van der Waals surface area contributed by atoms with E-state index in [1.165, 1.54) is 13.8 Å². The van der Waals surface area contributed by atoms with Crippen molar-refractivity contribution in [3.05, 3.63) is 0 Å². The van der Waals surface area contributed by atoms with E-state index in [1.54, 1.807) is 4.90 Å². The van der Waals surface area contributed by atoms with E-state index in [4.69, 9.17) is 5.11 Å². The number of nitrogens with one attached hydrogen (secondary N) is 1. The molecule has 0 aliphatic carbocycles. The fourth-order valence-corrected chi connectivity index (χ4v) is 2.28. The van der Waals surface area contributed by atoms with Gasteiger partial charge in [-0.2, -0.15) is 0 Å². The molecule has 120 valence electrons. The first-order valence-corrected chi connectivity index (χ1v) is 7.12. The Morgan fingerprint density at radius 2 is 1.95 bits per heavy atom. The van der Waals surface area contributed by atoms with E-state index in [2.05, 4.69) is 10.2 Å². The molecular weight excluding hydrogens is 274 g/mol. The highest BCUT2D eigenvalue weighted by molar-refractivity contribution is 5.96. The number of nitrogens with zero attached hydrogens (tertiary/aromatic N) is 2. The summed E-state index contributed by atoms with van der Waals surface area (Å²) in [7, 11) is 3.93. The van der Waals surface area contributed by atoms with E-state index in [0.717, 1.165) is 12.8 Å². The second-order valence-electron chi connectivity index (χ2n) is 6.42. The lowest BCUT2D eigenvalue weighted by Gasteiger charge is -2.36. The standard InChI is InChI=1S/C14H25N3O4/c1-14(2,12(19)20)8-11(18)15-13(21)17-7-5-6-10(9-17)16(3)4/h10H,5-9H2,1-4H3,(H,19,20)(H,15,18,21). The van der Waals surface area contributed by atoms with Crippen LogP contribution >= 0.6 is 0 Å². The van der Waals surface area contributed by atoms with Crippen LogP contribution in [0.3, 0.4) is 0 Å². The van der Waals surface area contributed by atoms with Crippen molar-refractivity contribution < 1.29 is 19.5 Å². The normalized spacial score (nSPS) is 19.5. The summed E-state index contributed by atoms with van der Waals surface area (Å²) in [6.07, 6.45) is 1.70. The van der Waals surface area contributed by atoms with E-state index in [-0.39, 0.29) is 12.5 Å². The number of piperidine rings is 1. The molecule has 1 atom stereocenters. The Bertz CT molecular complexity index is 420. The van der Waals surface area contributed by atoms with Crippen LogP contribution in [-0.4, -0.2) is 66.0 Å². The highest BCUT2D eigenvalue weighted by atomic mass is 16.4. The molecule has 1 aliphatic heterocycles. The average molecular weight is 299 g/mol. The van der Waals surface area contributed by atoms with E-state index >= 15 is 0 Å². The summed E-state index contributed by atoms with van der Waals surface area (Å²) in [5, 5.41) is 11.3. The maximum absolute atomic E-state index is 12.1. The van der Waals surface area contributed by atoms with Crippen LogP contribution in [0.15, 0.2) is 0 Å². The van der Waals surface area contributed by atoms with Crippen molar-refractivity contribution in [2.45, 2.75) is 39.2 Å². The summed E-state index contributed by atoms with van der Waals surface area (Å²) in [5.74, 6) is -1.62. The fraction of sp³-hybridized carbons (Fsp3) is 0.786. The fourth-order valence-electron chi connectivity index (χ4n) is 2.28. The van der Waals surface area contributed by atoms with Gasteiger partial charge in [-0.1, -0.05) is 0 Å². The number of aliphatic carboxylic acids is 1. The Balaban J connectivity index is 2.53. The van der Waals surface area contributed by atoms with Gasteiger partial charge in [0.15, 0.2) is 0 Å². The maximum atomic E-state index is 12.1. The van der Waals surface area contributed by atoms with Crippen molar-refractivity contribution in [1.82, 2.24) is 15.1 Å². The zero-order valence-electron chi connectivity index (χ0n) is 13.2. The van der Waals surface area contributed by atoms with Gasteiger partial charge in [-0.25, -0.2) is 4.79 Å². The predicted molar refractivity (Wildman–Crippen MR) is 77.9 cm³/mol. The molecule has 0 radical (unpaired) electrons. The Labute approximate surface area is 125 Å². The molecule has 2 N–H and O–H groups in total. The zero-order chi connectivity index (χ0) is 16.2. The van der Waals surface area contributed by atoms with Crippen LogP contribution in [-0.2, 0) is 9.59 Å². The smallest absolute Gasteiger partial charge is 0.324 e. The number of carboxylic acids is 1. The molecule has 0 aromatic carbocycles. The molecule has 3 amide bonds. The van der Waals surface area contributed by atoms with Gasteiger partial charge < -0.3 is 14.9 Å². The molecule has 1 rings (SSSR count). The highest BCUT2D eigenvalue weighted by Gasteiger charge is 2.32. The van der Waals surface area contributed by atoms with Gasteiger partial charge in [0, 0.05) is 25.6 Å².